The monoisotopic (exact) mass is 357 g/mol. The fraction of sp³-hybridized carbons (Fsp3) is 0.250. The van der Waals surface area contributed by atoms with Crippen molar-refractivity contribution in [1.82, 2.24) is 4.90 Å². The average Bonchev–Trinajstić information content (AvgIpc) is 2.61. The third kappa shape index (κ3) is 3.28. The van der Waals surface area contributed by atoms with E-state index in [1.165, 1.54) is 18.2 Å². The number of para-hydroxylation sites is 1. The van der Waals surface area contributed by atoms with Crippen molar-refractivity contribution in [3.8, 4) is 17.2 Å². The van der Waals surface area contributed by atoms with Crippen LogP contribution in [0.2, 0.25) is 0 Å². The molecule has 0 aliphatic heterocycles. The van der Waals surface area contributed by atoms with E-state index in [4.69, 9.17) is 9.15 Å². The standard InChI is InChI=1S/C20H20FNO4/c1-4-12-9-13-19(24)17(26-16-8-6-5-7-15(16)21)11-25-20(13)14(18(12)23)10-22(2)3/h5-9,11,23H,4,10H2,1-3H3. The number of halogens is 1. The summed E-state index contributed by atoms with van der Waals surface area (Å²) in [4.78, 5) is 14.7. The lowest BCUT2D eigenvalue weighted by Crippen LogP contribution is -2.13. The van der Waals surface area contributed by atoms with Crippen LogP contribution >= 0.6 is 0 Å². The third-order valence-corrected chi connectivity index (χ3v) is 4.09. The van der Waals surface area contributed by atoms with E-state index in [-0.39, 0.29) is 17.2 Å². The quantitative estimate of drug-likeness (QED) is 0.746. The first-order valence-electron chi connectivity index (χ1n) is 8.28. The van der Waals surface area contributed by atoms with E-state index >= 15 is 0 Å². The Bertz CT molecular complexity index is 1010. The number of rotatable bonds is 5. The van der Waals surface area contributed by atoms with Crippen molar-refractivity contribution in [2.24, 2.45) is 0 Å². The van der Waals surface area contributed by atoms with Gasteiger partial charge in [0.2, 0.25) is 11.2 Å². The molecule has 0 spiro atoms. The van der Waals surface area contributed by atoms with E-state index in [1.54, 1.807) is 12.1 Å². The van der Waals surface area contributed by atoms with Gasteiger partial charge in [-0.05, 0) is 44.3 Å². The van der Waals surface area contributed by atoms with E-state index in [9.17, 15) is 14.3 Å². The minimum atomic E-state index is -0.569. The van der Waals surface area contributed by atoms with Crippen LogP contribution in [-0.2, 0) is 13.0 Å². The Morgan fingerprint density at radius 1 is 1.23 bits per heavy atom. The lowest BCUT2D eigenvalue weighted by atomic mass is 10.0. The summed E-state index contributed by atoms with van der Waals surface area (Å²) in [6.07, 6.45) is 1.71. The molecule has 0 fully saturated rings. The van der Waals surface area contributed by atoms with Gasteiger partial charge in [0.1, 0.15) is 17.6 Å². The van der Waals surface area contributed by atoms with Gasteiger partial charge in [-0.3, -0.25) is 4.79 Å². The molecule has 1 aromatic heterocycles. The predicted molar refractivity (Wildman–Crippen MR) is 97.4 cm³/mol. The Balaban J connectivity index is 2.18. The van der Waals surface area contributed by atoms with Gasteiger partial charge in [-0.2, -0.15) is 0 Å². The topological polar surface area (TPSA) is 62.9 Å². The van der Waals surface area contributed by atoms with Crippen molar-refractivity contribution >= 4 is 11.0 Å². The Kier molecular flexibility index (Phi) is 4.95. The molecule has 0 unspecified atom stereocenters. The molecule has 26 heavy (non-hydrogen) atoms. The highest BCUT2D eigenvalue weighted by Gasteiger charge is 2.19. The molecule has 0 aliphatic rings. The molecule has 0 saturated carbocycles. The van der Waals surface area contributed by atoms with E-state index in [0.717, 1.165) is 6.26 Å². The molecule has 2 aromatic carbocycles. The van der Waals surface area contributed by atoms with E-state index in [0.29, 0.717) is 35.1 Å². The predicted octanol–water partition coefficient (Wildman–Crippen LogP) is 4.05. The number of hydrogen-bond acceptors (Lipinski definition) is 5. The number of benzene rings is 2. The van der Waals surface area contributed by atoms with Crippen molar-refractivity contribution in [3.63, 3.8) is 0 Å². The van der Waals surface area contributed by atoms with Crippen LogP contribution < -0.4 is 10.2 Å². The normalized spacial score (nSPS) is 11.3. The first-order valence-corrected chi connectivity index (χ1v) is 8.28. The highest BCUT2D eigenvalue weighted by atomic mass is 19.1. The molecule has 0 radical (unpaired) electrons. The van der Waals surface area contributed by atoms with Crippen LogP contribution in [0.4, 0.5) is 4.39 Å². The molecule has 3 rings (SSSR count). The molecule has 0 saturated heterocycles. The molecule has 136 valence electrons. The summed E-state index contributed by atoms with van der Waals surface area (Å²) >= 11 is 0. The number of phenolic OH excluding ortho intramolecular Hbond substituents is 1. The van der Waals surface area contributed by atoms with Crippen LogP contribution in [0, 0.1) is 5.82 Å². The van der Waals surface area contributed by atoms with Crippen molar-refractivity contribution in [3.05, 3.63) is 63.8 Å². The van der Waals surface area contributed by atoms with E-state index in [2.05, 4.69) is 0 Å². The van der Waals surface area contributed by atoms with Gasteiger partial charge in [-0.15, -0.1) is 0 Å². The Morgan fingerprint density at radius 2 is 1.96 bits per heavy atom. The molecule has 0 amide bonds. The lowest BCUT2D eigenvalue weighted by molar-refractivity contribution is 0.381. The second-order valence-corrected chi connectivity index (χ2v) is 6.29. The number of phenols is 1. The van der Waals surface area contributed by atoms with Crippen LogP contribution in [-0.4, -0.2) is 24.1 Å². The second kappa shape index (κ2) is 7.17. The van der Waals surface area contributed by atoms with Crippen LogP contribution in [0.15, 0.2) is 45.8 Å². The largest absolute Gasteiger partial charge is 0.507 e. The van der Waals surface area contributed by atoms with Crippen molar-refractivity contribution in [1.29, 1.82) is 0 Å². The van der Waals surface area contributed by atoms with Crippen molar-refractivity contribution in [2.75, 3.05) is 14.1 Å². The zero-order valence-corrected chi connectivity index (χ0v) is 14.9. The molecular weight excluding hydrogens is 337 g/mol. The summed E-state index contributed by atoms with van der Waals surface area (Å²) in [6, 6.07) is 7.44. The lowest BCUT2D eigenvalue weighted by Gasteiger charge is -2.16. The molecule has 1 heterocycles. The van der Waals surface area contributed by atoms with E-state index in [1.807, 2.05) is 25.9 Å². The van der Waals surface area contributed by atoms with Gasteiger partial charge in [0.05, 0.1) is 10.9 Å². The highest BCUT2D eigenvalue weighted by molar-refractivity contribution is 5.84. The second-order valence-electron chi connectivity index (χ2n) is 6.29. The Morgan fingerprint density at radius 3 is 2.62 bits per heavy atom. The van der Waals surface area contributed by atoms with Crippen LogP contribution in [0.1, 0.15) is 18.1 Å². The molecule has 3 aromatic rings. The first kappa shape index (κ1) is 17.9. The van der Waals surface area contributed by atoms with Gasteiger partial charge >= 0.3 is 0 Å². The van der Waals surface area contributed by atoms with E-state index < -0.39 is 11.2 Å². The summed E-state index contributed by atoms with van der Waals surface area (Å²) < 4.78 is 24.8. The summed E-state index contributed by atoms with van der Waals surface area (Å²) in [5.74, 6) is -0.604. The Labute approximate surface area is 150 Å². The molecule has 0 atom stereocenters. The molecule has 6 heteroatoms. The van der Waals surface area contributed by atoms with Gasteiger partial charge in [-0.1, -0.05) is 19.1 Å². The number of aryl methyl sites for hydroxylation is 1. The smallest absolute Gasteiger partial charge is 0.235 e. The zero-order valence-electron chi connectivity index (χ0n) is 14.9. The minimum Gasteiger partial charge on any atom is -0.507 e. The SMILES string of the molecule is CCc1cc2c(=O)c(Oc3ccccc3F)coc2c(CN(C)C)c1O. The fourth-order valence-electron chi connectivity index (χ4n) is 2.82. The Hall–Kier alpha value is -2.86. The molecular formula is C20H20FNO4. The third-order valence-electron chi connectivity index (χ3n) is 4.09. The molecule has 0 bridgehead atoms. The van der Waals surface area contributed by atoms with Crippen LogP contribution in [0.25, 0.3) is 11.0 Å². The number of hydrogen-bond donors (Lipinski definition) is 1. The van der Waals surface area contributed by atoms with Crippen LogP contribution in [0.3, 0.4) is 0 Å². The van der Waals surface area contributed by atoms with Crippen molar-refractivity contribution < 1.29 is 18.7 Å². The maximum atomic E-state index is 13.8. The first-order chi connectivity index (χ1) is 12.4. The molecule has 0 aliphatic carbocycles. The number of nitrogens with zero attached hydrogens (tertiary/aromatic N) is 1. The minimum absolute atomic E-state index is 0.0536. The van der Waals surface area contributed by atoms with Crippen LogP contribution in [0.5, 0.6) is 17.2 Å². The van der Waals surface area contributed by atoms with Gasteiger partial charge in [0.15, 0.2) is 11.6 Å². The maximum absolute atomic E-state index is 13.8. The molecule has 5 nitrogen and oxygen atoms in total. The highest BCUT2D eigenvalue weighted by Crippen LogP contribution is 2.33. The van der Waals surface area contributed by atoms with Gasteiger partial charge in [0.25, 0.3) is 0 Å². The van der Waals surface area contributed by atoms with Gasteiger partial charge in [-0.25, -0.2) is 4.39 Å². The molecule has 1 N–H and O–H groups in total. The maximum Gasteiger partial charge on any atom is 0.235 e. The fourth-order valence-corrected chi connectivity index (χ4v) is 2.82. The summed E-state index contributed by atoms with van der Waals surface area (Å²) in [5, 5.41) is 10.8. The summed E-state index contributed by atoms with van der Waals surface area (Å²) in [6.45, 7) is 2.30. The van der Waals surface area contributed by atoms with Gasteiger partial charge in [0, 0.05) is 6.54 Å². The summed E-state index contributed by atoms with van der Waals surface area (Å²) in [7, 11) is 3.72. The number of fused-ring (bicyclic) bond motifs is 1. The zero-order chi connectivity index (χ0) is 18.8. The summed E-state index contributed by atoms with van der Waals surface area (Å²) in [5.41, 5.74) is 1.08. The number of aromatic hydroxyl groups is 1. The van der Waals surface area contributed by atoms with Crippen molar-refractivity contribution in [2.45, 2.75) is 19.9 Å². The average molecular weight is 357 g/mol. The van der Waals surface area contributed by atoms with Gasteiger partial charge < -0.3 is 19.2 Å². The number of ether oxygens (including phenoxy) is 1.